The number of ether oxygens (including phenoxy) is 1. The number of carboxylic acid groups (broad SMARTS) is 1. The Hall–Kier alpha value is -3.13. The van der Waals surface area contributed by atoms with Gasteiger partial charge in [0, 0.05) is 10.6 Å². The summed E-state index contributed by atoms with van der Waals surface area (Å²) in [6.45, 7) is 0.341. The van der Waals surface area contributed by atoms with Gasteiger partial charge in [0.05, 0.1) is 4.91 Å². The predicted octanol–water partition coefficient (Wildman–Crippen LogP) is 5.95. The molecule has 1 saturated heterocycles. The summed E-state index contributed by atoms with van der Waals surface area (Å²) in [4.78, 5) is 26.5. The fourth-order valence-corrected chi connectivity index (χ4v) is 4.83. The van der Waals surface area contributed by atoms with Crippen LogP contribution in [0.2, 0.25) is 5.02 Å². The van der Waals surface area contributed by atoms with Crippen LogP contribution in [0.3, 0.4) is 0 Å². The molecule has 1 heterocycles. The van der Waals surface area contributed by atoms with Gasteiger partial charge in [-0.15, -0.1) is 0 Å². The van der Waals surface area contributed by atoms with Crippen LogP contribution in [0.5, 0.6) is 5.75 Å². The van der Waals surface area contributed by atoms with Crippen molar-refractivity contribution in [2.24, 2.45) is 0 Å². The number of benzene rings is 3. The maximum absolute atomic E-state index is 13.0. The highest BCUT2D eigenvalue weighted by Crippen LogP contribution is 2.38. The van der Waals surface area contributed by atoms with Crippen molar-refractivity contribution in [3.05, 3.63) is 105 Å². The van der Waals surface area contributed by atoms with Crippen LogP contribution in [-0.4, -0.2) is 26.2 Å². The first kappa shape index (κ1) is 23.0. The van der Waals surface area contributed by atoms with Crippen molar-refractivity contribution in [1.82, 2.24) is 4.90 Å². The van der Waals surface area contributed by atoms with Crippen molar-refractivity contribution < 1.29 is 19.4 Å². The van der Waals surface area contributed by atoms with Crippen LogP contribution in [0, 0.1) is 0 Å². The number of carbonyl (C=O) groups is 2. The molecule has 1 aliphatic heterocycles. The van der Waals surface area contributed by atoms with Crippen molar-refractivity contribution in [1.29, 1.82) is 0 Å². The molecule has 1 aliphatic rings. The lowest BCUT2D eigenvalue weighted by Gasteiger charge is -2.23. The number of halogens is 1. The molecule has 0 unspecified atom stereocenters. The molecule has 33 heavy (non-hydrogen) atoms. The van der Waals surface area contributed by atoms with Crippen LogP contribution in [0.25, 0.3) is 6.08 Å². The summed E-state index contributed by atoms with van der Waals surface area (Å²) in [5, 5.41) is 10.4. The number of aliphatic carboxylic acids is 1. The van der Waals surface area contributed by atoms with Crippen LogP contribution in [0.4, 0.5) is 0 Å². The molecule has 8 heteroatoms. The number of carboxylic acids is 1. The molecule has 1 atom stereocenters. The second-order valence-electron chi connectivity index (χ2n) is 7.15. The molecule has 5 nitrogen and oxygen atoms in total. The second kappa shape index (κ2) is 10.2. The van der Waals surface area contributed by atoms with Crippen molar-refractivity contribution in [3.63, 3.8) is 0 Å². The minimum Gasteiger partial charge on any atom is -0.489 e. The van der Waals surface area contributed by atoms with E-state index in [9.17, 15) is 14.7 Å². The van der Waals surface area contributed by atoms with E-state index in [4.69, 9.17) is 28.6 Å². The van der Waals surface area contributed by atoms with Gasteiger partial charge in [-0.2, -0.15) is 0 Å². The van der Waals surface area contributed by atoms with E-state index in [1.165, 1.54) is 0 Å². The van der Waals surface area contributed by atoms with Crippen LogP contribution < -0.4 is 4.74 Å². The van der Waals surface area contributed by atoms with Crippen LogP contribution in [0.15, 0.2) is 83.8 Å². The number of hydrogen-bond donors (Lipinski definition) is 1. The van der Waals surface area contributed by atoms with E-state index < -0.39 is 17.9 Å². The number of carbonyl (C=O) groups excluding carboxylic acids is 1. The Morgan fingerprint density at radius 2 is 1.73 bits per heavy atom. The Bertz CT molecular complexity index is 1230. The van der Waals surface area contributed by atoms with E-state index in [-0.39, 0.29) is 4.32 Å². The molecule has 1 N–H and O–H groups in total. The zero-order valence-corrected chi connectivity index (χ0v) is 19.6. The van der Waals surface area contributed by atoms with Gasteiger partial charge in [0.1, 0.15) is 16.7 Å². The third-order valence-corrected chi connectivity index (χ3v) is 6.66. The third kappa shape index (κ3) is 5.27. The van der Waals surface area contributed by atoms with Crippen molar-refractivity contribution in [3.8, 4) is 5.75 Å². The Morgan fingerprint density at radius 3 is 2.39 bits per heavy atom. The Balaban J connectivity index is 1.49. The number of thiocarbonyl (C=S) groups is 1. The monoisotopic (exact) mass is 495 g/mol. The van der Waals surface area contributed by atoms with Gasteiger partial charge in [-0.25, -0.2) is 4.79 Å². The van der Waals surface area contributed by atoms with E-state index in [2.05, 4.69) is 0 Å². The lowest BCUT2D eigenvalue weighted by atomic mass is 10.1. The predicted molar refractivity (Wildman–Crippen MR) is 134 cm³/mol. The molecular formula is C25H18ClNO4S2. The fourth-order valence-electron chi connectivity index (χ4n) is 3.33. The highest BCUT2D eigenvalue weighted by atomic mass is 35.5. The zero-order valence-electron chi connectivity index (χ0n) is 17.2. The zero-order chi connectivity index (χ0) is 23.4. The maximum atomic E-state index is 13.0. The molecule has 0 bridgehead atoms. The van der Waals surface area contributed by atoms with Gasteiger partial charge in [0.2, 0.25) is 0 Å². The van der Waals surface area contributed by atoms with E-state index in [0.717, 1.165) is 27.8 Å². The summed E-state index contributed by atoms with van der Waals surface area (Å²) in [7, 11) is 0. The summed E-state index contributed by atoms with van der Waals surface area (Å²) in [6.07, 6.45) is 1.70. The van der Waals surface area contributed by atoms with Gasteiger partial charge in [0.25, 0.3) is 5.91 Å². The molecule has 0 aliphatic carbocycles. The van der Waals surface area contributed by atoms with Crippen LogP contribution >= 0.6 is 35.6 Å². The minimum absolute atomic E-state index is 0.210. The molecular weight excluding hydrogens is 478 g/mol. The first-order valence-corrected chi connectivity index (χ1v) is 11.6. The first-order valence-electron chi connectivity index (χ1n) is 9.95. The number of hydrogen-bond acceptors (Lipinski definition) is 5. The van der Waals surface area contributed by atoms with Gasteiger partial charge in [-0.3, -0.25) is 9.69 Å². The molecule has 166 valence electrons. The second-order valence-corrected chi connectivity index (χ2v) is 9.24. The largest absolute Gasteiger partial charge is 0.489 e. The standard InChI is InChI=1S/C25H18ClNO4S2/c26-20-9-5-4-8-18(20)15-31-19-12-10-16(11-13-19)14-21-23(28)27(25(32)33-21)22(24(29)30)17-6-2-1-3-7-17/h1-14,22H,15H2,(H,29,30)/b21-14+/t22-/m1/s1. The smallest absolute Gasteiger partial charge is 0.331 e. The SMILES string of the molecule is O=C(O)[C@@H](c1ccccc1)N1C(=O)/C(=C\c2ccc(OCc3ccccc3Cl)cc2)SC1=S. The van der Waals surface area contributed by atoms with Crippen LogP contribution in [-0.2, 0) is 16.2 Å². The van der Waals surface area contributed by atoms with E-state index in [1.54, 1.807) is 48.5 Å². The topological polar surface area (TPSA) is 66.8 Å². The van der Waals surface area contributed by atoms with Crippen molar-refractivity contribution >= 4 is 57.9 Å². The highest BCUT2D eigenvalue weighted by Gasteiger charge is 2.41. The van der Waals surface area contributed by atoms with Gasteiger partial charge in [0.15, 0.2) is 6.04 Å². The van der Waals surface area contributed by atoms with E-state index >= 15 is 0 Å². The molecule has 3 aromatic carbocycles. The van der Waals surface area contributed by atoms with Gasteiger partial charge < -0.3 is 9.84 Å². The average molecular weight is 496 g/mol. The van der Waals surface area contributed by atoms with E-state index in [1.807, 2.05) is 36.4 Å². The Morgan fingerprint density at radius 1 is 1.06 bits per heavy atom. The van der Waals surface area contributed by atoms with Gasteiger partial charge >= 0.3 is 5.97 Å². The minimum atomic E-state index is -1.18. The lowest BCUT2D eigenvalue weighted by molar-refractivity contribution is -0.145. The average Bonchev–Trinajstić information content (AvgIpc) is 3.08. The molecule has 1 fully saturated rings. The van der Waals surface area contributed by atoms with E-state index in [0.29, 0.717) is 27.8 Å². The van der Waals surface area contributed by atoms with Gasteiger partial charge in [-0.1, -0.05) is 96.2 Å². The molecule has 0 radical (unpaired) electrons. The summed E-state index contributed by atoms with van der Waals surface area (Å²) in [6, 6.07) is 22.1. The van der Waals surface area contributed by atoms with Crippen LogP contribution in [0.1, 0.15) is 22.7 Å². The Kier molecular flexibility index (Phi) is 7.13. The quantitative estimate of drug-likeness (QED) is 0.323. The summed E-state index contributed by atoms with van der Waals surface area (Å²) >= 11 is 12.6. The summed E-state index contributed by atoms with van der Waals surface area (Å²) < 4.78 is 6.00. The highest BCUT2D eigenvalue weighted by molar-refractivity contribution is 8.26. The number of nitrogens with zero attached hydrogens (tertiary/aromatic N) is 1. The van der Waals surface area contributed by atoms with Crippen molar-refractivity contribution in [2.45, 2.75) is 12.6 Å². The number of amides is 1. The summed E-state index contributed by atoms with van der Waals surface area (Å²) in [5.41, 5.74) is 2.15. The van der Waals surface area contributed by atoms with Gasteiger partial charge in [-0.05, 0) is 35.4 Å². The molecule has 3 aromatic rings. The Labute approximate surface area is 205 Å². The molecule has 1 amide bonds. The normalized spacial score (nSPS) is 15.7. The first-order chi connectivity index (χ1) is 15.9. The third-order valence-electron chi connectivity index (χ3n) is 4.96. The molecule has 0 spiro atoms. The molecule has 0 saturated carbocycles. The lowest BCUT2D eigenvalue weighted by Crippen LogP contribution is -2.37. The number of rotatable bonds is 7. The fraction of sp³-hybridized carbons (Fsp3) is 0.0800. The molecule has 4 rings (SSSR count). The maximum Gasteiger partial charge on any atom is 0.331 e. The van der Waals surface area contributed by atoms with Crippen molar-refractivity contribution in [2.75, 3.05) is 0 Å². The molecule has 0 aromatic heterocycles. The number of thioether (sulfide) groups is 1. The summed E-state index contributed by atoms with van der Waals surface area (Å²) in [5.74, 6) is -0.909.